The molecule has 0 fully saturated rings. The zero-order valence-corrected chi connectivity index (χ0v) is 9.54. The minimum absolute atomic E-state index is 0.420. The molecule has 1 aromatic rings. The Bertz CT molecular complexity index is 364. The topological polar surface area (TPSA) is 44.5 Å². The number of ether oxygens (including phenoxy) is 2. The van der Waals surface area contributed by atoms with Crippen LogP contribution in [0.4, 0.5) is 5.69 Å². The van der Waals surface area contributed by atoms with Crippen LogP contribution in [0.15, 0.2) is 29.3 Å². The second-order valence-corrected chi connectivity index (χ2v) is 3.37. The minimum atomic E-state index is 0.420. The molecular formula is C11H14ClNO2. The van der Waals surface area contributed by atoms with Crippen LogP contribution in [-0.2, 0) is 0 Å². The fourth-order valence-corrected chi connectivity index (χ4v) is 1.09. The van der Waals surface area contributed by atoms with Gasteiger partial charge in [-0.25, -0.2) is 0 Å². The summed E-state index contributed by atoms with van der Waals surface area (Å²) in [5.41, 5.74) is 8.70. The first-order valence-corrected chi connectivity index (χ1v) is 4.93. The molecule has 0 amide bonds. The van der Waals surface area contributed by atoms with E-state index in [4.69, 9.17) is 26.8 Å². The van der Waals surface area contributed by atoms with E-state index in [2.05, 4.69) is 0 Å². The second-order valence-electron chi connectivity index (χ2n) is 3.15. The number of anilines is 1. The lowest BCUT2D eigenvalue weighted by molar-refractivity contribution is 0.320. The maximum atomic E-state index is 5.64. The quantitative estimate of drug-likeness (QED) is 0.805. The number of halogens is 1. The zero-order valence-electron chi connectivity index (χ0n) is 8.79. The van der Waals surface area contributed by atoms with Crippen LogP contribution in [0.5, 0.6) is 11.5 Å². The summed E-state index contributed by atoms with van der Waals surface area (Å²) in [6.07, 6.45) is 0. The lowest BCUT2D eigenvalue weighted by Crippen LogP contribution is -2.00. The highest BCUT2D eigenvalue weighted by atomic mass is 35.5. The van der Waals surface area contributed by atoms with E-state index in [1.165, 1.54) is 5.54 Å². The van der Waals surface area contributed by atoms with E-state index in [0.717, 1.165) is 5.57 Å². The monoisotopic (exact) mass is 227 g/mol. The Balaban J connectivity index is 2.78. The van der Waals surface area contributed by atoms with E-state index >= 15 is 0 Å². The Hall–Kier alpha value is -1.35. The highest BCUT2D eigenvalue weighted by Gasteiger charge is 2.04. The predicted octanol–water partition coefficient (Wildman–Crippen LogP) is 2.80. The summed E-state index contributed by atoms with van der Waals surface area (Å²) in [5.74, 6) is 1.28. The summed E-state index contributed by atoms with van der Waals surface area (Å²) in [5, 5.41) is 0. The molecular weight excluding hydrogens is 214 g/mol. The molecule has 4 heteroatoms. The molecule has 15 heavy (non-hydrogen) atoms. The van der Waals surface area contributed by atoms with Crippen molar-refractivity contribution in [3.8, 4) is 11.5 Å². The fraction of sp³-hybridized carbons (Fsp3) is 0.273. The van der Waals surface area contributed by atoms with Gasteiger partial charge in [-0.05, 0) is 24.6 Å². The van der Waals surface area contributed by atoms with E-state index < -0.39 is 0 Å². The third-order valence-electron chi connectivity index (χ3n) is 1.83. The van der Waals surface area contributed by atoms with Crippen molar-refractivity contribution in [3.05, 3.63) is 29.3 Å². The van der Waals surface area contributed by atoms with Gasteiger partial charge in [0.1, 0.15) is 6.61 Å². The van der Waals surface area contributed by atoms with Gasteiger partial charge in [0.2, 0.25) is 0 Å². The van der Waals surface area contributed by atoms with E-state index in [9.17, 15) is 0 Å². The number of methoxy groups -OCH3 is 1. The van der Waals surface area contributed by atoms with Crippen molar-refractivity contribution in [2.45, 2.75) is 6.92 Å². The first-order valence-electron chi connectivity index (χ1n) is 4.49. The van der Waals surface area contributed by atoms with E-state index in [-0.39, 0.29) is 0 Å². The maximum Gasteiger partial charge on any atom is 0.163 e. The average Bonchev–Trinajstić information content (AvgIpc) is 2.26. The van der Waals surface area contributed by atoms with Gasteiger partial charge in [-0.15, -0.1) is 0 Å². The standard InChI is InChI=1S/C11H14ClNO2/c1-8(6-12)7-15-11-5-9(13)3-4-10(11)14-2/h3-6H,7,13H2,1-2H3/b8-6+. The third-order valence-corrected chi connectivity index (χ3v) is 2.20. The highest BCUT2D eigenvalue weighted by molar-refractivity contribution is 6.25. The number of nitrogens with two attached hydrogens (primary N) is 1. The van der Waals surface area contributed by atoms with Crippen LogP contribution < -0.4 is 15.2 Å². The van der Waals surface area contributed by atoms with Gasteiger partial charge in [-0.1, -0.05) is 11.6 Å². The molecule has 1 rings (SSSR count). The fourth-order valence-electron chi connectivity index (χ4n) is 1.03. The minimum Gasteiger partial charge on any atom is -0.493 e. The van der Waals surface area contributed by atoms with Crippen LogP contribution in [0.2, 0.25) is 0 Å². The summed E-state index contributed by atoms with van der Waals surface area (Å²) < 4.78 is 10.6. The molecule has 3 nitrogen and oxygen atoms in total. The van der Waals surface area contributed by atoms with Crippen molar-refractivity contribution in [1.82, 2.24) is 0 Å². The van der Waals surface area contributed by atoms with Gasteiger partial charge in [-0.2, -0.15) is 0 Å². The van der Waals surface area contributed by atoms with Gasteiger partial charge in [0.25, 0.3) is 0 Å². The van der Waals surface area contributed by atoms with Crippen LogP contribution in [0, 0.1) is 0 Å². The summed E-state index contributed by atoms with van der Waals surface area (Å²) in [4.78, 5) is 0. The lowest BCUT2D eigenvalue weighted by Gasteiger charge is -2.11. The lowest BCUT2D eigenvalue weighted by atomic mass is 10.3. The molecule has 0 spiro atoms. The molecule has 2 N–H and O–H groups in total. The van der Waals surface area contributed by atoms with Gasteiger partial charge in [0.05, 0.1) is 7.11 Å². The number of nitrogen functional groups attached to an aromatic ring is 1. The van der Waals surface area contributed by atoms with Gasteiger partial charge >= 0.3 is 0 Å². The first-order chi connectivity index (χ1) is 7.17. The van der Waals surface area contributed by atoms with Crippen molar-refractivity contribution < 1.29 is 9.47 Å². The Morgan fingerprint density at radius 3 is 2.80 bits per heavy atom. The van der Waals surface area contributed by atoms with Crippen LogP contribution in [-0.4, -0.2) is 13.7 Å². The molecule has 82 valence electrons. The first kappa shape index (κ1) is 11.7. The van der Waals surface area contributed by atoms with Gasteiger partial charge in [0.15, 0.2) is 11.5 Å². The van der Waals surface area contributed by atoms with E-state index in [1.807, 2.05) is 6.92 Å². The van der Waals surface area contributed by atoms with E-state index in [1.54, 1.807) is 25.3 Å². The van der Waals surface area contributed by atoms with Crippen LogP contribution in [0.3, 0.4) is 0 Å². The summed E-state index contributed by atoms with van der Waals surface area (Å²) >= 11 is 5.53. The molecule has 0 saturated carbocycles. The number of hydrogen-bond acceptors (Lipinski definition) is 3. The van der Waals surface area contributed by atoms with Crippen molar-refractivity contribution in [2.24, 2.45) is 0 Å². The van der Waals surface area contributed by atoms with Crippen molar-refractivity contribution >= 4 is 17.3 Å². The summed E-state index contributed by atoms with van der Waals surface area (Å²) in [7, 11) is 1.59. The largest absolute Gasteiger partial charge is 0.493 e. The molecule has 0 bridgehead atoms. The molecule has 0 heterocycles. The number of hydrogen-bond donors (Lipinski definition) is 1. The van der Waals surface area contributed by atoms with Gasteiger partial charge in [0, 0.05) is 17.3 Å². The Labute approximate surface area is 94.4 Å². The summed E-state index contributed by atoms with van der Waals surface area (Å²) in [6, 6.07) is 5.25. The summed E-state index contributed by atoms with van der Waals surface area (Å²) in [6.45, 7) is 2.30. The molecule has 1 aromatic carbocycles. The van der Waals surface area contributed by atoms with Crippen molar-refractivity contribution in [3.63, 3.8) is 0 Å². The van der Waals surface area contributed by atoms with E-state index in [0.29, 0.717) is 23.8 Å². The van der Waals surface area contributed by atoms with Crippen LogP contribution >= 0.6 is 11.6 Å². The molecule has 0 unspecified atom stereocenters. The van der Waals surface area contributed by atoms with Crippen molar-refractivity contribution in [1.29, 1.82) is 0 Å². The average molecular weight is 228 g/mol. The Morgan fingerprint density at radius 2 is 2.20 bits per heavy atom. The molecule has 0 aliphatic rings. The Kier molecular flexibility index (Phi) is 4.31. The molecule has 0 atom stereocenters. The van der Waals surface area contributed by atoms with Crippen molar-refractivity contribution in [2.75, 3.05) is 19.5 Å². The molecule has 0 aliphatic heterocycles. The smallest absolute Gasteiger partial charge is 0.163 e. The molecule has 0 radical (unpaired) electrons. The van der Waals surface area contributed by atoms with Gasteiger partial charge in [-0.3, -0.25) is 0 Å². The molecule has 0 saturated heterocycles. The van der Waals surface area contributed by atoms with Crippen LogP contribution in [0.25, 0.3) is 0 Å². The zero-order chi connectivity index (χ0) is 11.3. The predicted molar refractivity (Wildman–Crippen MR) is 62.5 cm³/mol. The SMILES string of the molecule is COc1ccc(N)cc1OC/C(C)=C/Cl. The molecule has 0 aromatic heterocycles. The third kappa shape index (κ3) is 3.36. The number of benzene rings is 1. The Morgan fingerprint density at radius 1 is 1.47 bits per heavy atom. The highest BCUT2D eigenvalue weighted by Crippen LogP contribution is 2.29. The molecule has 0 aliphatic carbocycles. The maximum absolute atomic E-state index is 5.64. The number of rotatable bonds is 4. The second kappa shape index (κ2) is 5.51. The van der Waals surface area contributed by atoms with Gasteiger partial charge < -0.3 is 15.2 Å². The normalized spacial score (nSPS) is 11.3. The van der Waals surface area contributed by atoms with Crippen LogP contribution in [0.1, 0.15) is 6.92 Å².